The van der Waals surface area contributed by atoms with Gasteiger partial charge in [0.1, 0.15) is 0 Å². The molecular weight excluding hydrogens is 466 g/mol. The SMILES string of the molecule is CCN(CC)CCN(C(=O)c1ccccc1C(=O)OC)c1nc2ccc(Br)cc2s1. The first-order valence-corrected chi connectivity index (χ1v) is 11.4. The van der Waals surface area contributed by atoms with E-state index >= 15 is 0 Å². The molecule has 0 N–H and O–H groups in total. The molecule has 3 rings (SSSR count). The van der Waals surface area contributed by atoms with Gasteiger partial charge in [-0.15, -0.1) is 0 Å². The summed E-state index contributed by atoms with van der Waals surface area (Å²) in [7, 11) is 1.31. The molecule has 0 saturated heterocycles. The second-order valence-electron chi connectivity index (χ2n) is 6.63. The first kappa shape index (κ1) is 22.4. The molecular formula is C22H24BrN3O3S. The quantitative estimate of drug-likeness (QED) is 0.423. The van der Waals surface area contributed by atoms with Crippen molar-refractivity contribution in [2.45, 2.75) is 13.8 Å². The molecule has 30 heavy (non-hydrogen) atoms. The summed E-state index contributed by atoms with van der Waals surface area (Å²) in [6, 6.07) is 12.6. The zero-order valence-corrected chi connectivity index (χ0v) is 19.6. The molecule has 0 radical (unpaired) electrons. The largest absolute Gasteiger partial charge is 0.465 e. The van der Waals surface area contributed by atoms with Crippen LogP contribution in [0.25, 0.3) is 10.2 Å². The molecule has 3 aromatic rings. The maximum absolute atomic E-state index is 13.6. The molecule has 0 saturated carbocycles. The van der Waals surface area contributed by atoms with Gasteiger partial charge in [0.2, 0.25) is 0 Å². The van der Waals surface area contributed by atoms with Crippen molar-refractivity contribution in [2.24, 2.45) is 0 Å². The Bertz CT molecular complexity index is 1050. The number of rotatable bonds is 8. The highest BCUT2D eigenvalue weighted by molar-refractivity contribution is 9.10. The van der Waals surface area contributed by atoms with Gasteiger partial charge in [0.15, 0.2) is 5.13 Å². The van der Waals surface area contributed by atoms with Crippen LogP contribution in [0.1, 0.15) is 34.6 Å². The second-order valence-corrected chi connectivity index (χ2v) is 8.55. The molecule has 1 heterocycles. The number of carbonyl (C=O) groups is 2. The van der Waals surface area contributed by atoms with E-state index in [0.717, 1.165) is 27.8 Å². The molecule has 0 atom stereocenters. The van der Waals surface area contributed by atoms with Crippen molar-refractivity contribution >= 4 is 54.5 Å². The minimum atomic E-state index is -0.532. The fourth-order valence-electron chi connectivity index (χ4n) is 3.17. The molecule has 8 heteroatoms. The van der Waals surface area contributed by atoms with E-state index in [2.05, 4.69) is 34.7 Å². The Hall–Kier alpha value is -2.29. The van der Waals surface area contributed by atoms with Gasteiger partial charge in [0, 0.05) is 17.6 Å². The molecule has 0 aliphatic rings. The number of aromatic nitrogens is 1. The van der Waals surface area contributed by atoms with Crippen LogP contribution in [0.4, 0.5) is 5.13 Å². The summed E-state index contributed by atoms with van der Waals surface area (Å²) >= 11 is 4.95. The van der Waals surface area contributed by atoms with Crippen molar-refractivity contribution in [3.05, 3.63) is 58.1 Å². The van der Waals surface area contributed by atoms with Crippen molar-refractivity contribution in [3.63, 3.8) is 0 Å². The van der Waals surface area contributed by atoms with Crippen molar-refractivity contribution < 1.29 is 14.3 Å². The van der Waals surface area contributed by atoms with E-state index in [-0.39, 0.29) is 11.5 Å². The van der Waals surface area contributed by atoms with Crippen LogP contribution in [0.3, 0.4) is 0 Å². The number of hydrogen-bond acceptors (Lipinski definition) is 6. The number of likely N-dealkylation sites (N-methyl/N-ethyl adjacent to an activating group) is 1. The van der Waals surface area contributed by atoms with E-state index in [4.69, 9.17) is 9.72 Å². The monoisotopic (exact) mass is 489 g/mol. The van der Waals surface area contributed by atoms with Gasteiger partial charge < -0.3 is 9.64 Å². The van der Waals surface area contributed by atoms with Crippen molar-refractivity contribution in [1.29, 1.82) is 0 Å². The van der Waals surface area contributed by atoms with Crippen LogP contribution in [-0.2, 0) is 4.74 Å². The van der Waals surface area contributed by atoms with Crippen LogP contribution in [-0.4, -0.2) is 55.0 Å². The van der Waals surface area contributed by atoms with E-state index < -0.39 is 5.97 Å². The lowest BCUT2D eigenvalue weighted by atomic mass is 10.1. The summed E-state index contributed by atoms with van der Waals surface area (Å²) in [5, 5.41) is 0.611. The van der Waals surface area contributed by atoms with Gasteiger partial charge in [-0.2, -0.15) is 0 Å². The zero-order chi connectivity index (χ0) is 21.7. The number of thiazole rings is 1. The number of methoxy groups -OCH3 is 1. The Balaban J connectivity index is 2.02. The second kappa shape index (κ2) is 10.1. The number of benzene rings is 2. The predicted molar refractivity (Wildman–Crippen MR) is 125 cm³/mol. The summed E-state index contributed by atoms with van der Waals surface area (Å²) in [4.78, 5) is 34.4. The van der Waals surface area contributed by atoms with Crippen molar-refractivity contribution in [1.82, 2.24) is 9.88 Å². The average Bonchev–Trinajstić information content (AvgIpc) is 3.18. The van der Waals surface area contributed by atoms with E-state index in [1.165, 1.54) is 18.4 Å². The highest BCUT2D eigenvalue weighted by Gasteiger charge is 2.26. The van der Waals surface area contributed by atoms with E-state index in [1.807, 2.05) is 18.2 Å². The predicted octanol–water partition coefficient (Wildman–Crippen LogP) is 4.83. The third-order valence-corrected chi connectivity index (χ3v) is 6.45. The highest BCUT2D eigenvalue weighted by Crippen LogP contribution is 2.32. The smallest absolute Gasteiger partial charge is 0.338 e. The zero-order valence-electron chi connectivity index (χ0n) is 17.2. The molecule has 1 aromatic heterocycles. The molecule has 2 aromatic carbocycles. The van der Waals surface area contributed by atoms with Crippen LogP contribution in [0.2, 0.25) is 0 Å². The van der Waals surface area contributed by atoms with E-state index in [9.17, 15) is 9.59 Å². The number of amides is 1. The number of ether oxygens (including phenoxy) is 1. The normalized spacial score (nSPS) is 11.1. The number of anilines is 1. The summed E-state index contributed by atoms with van der Waals surface area (Å²) in [5.74, 6) is -0.794. The average molecular weight is 490 g/mol. The molecule has 158 valence electrons. The fourth-order valence-corrected chi connectivity index (χ4v) is 4.71. The van der Waals surface area contributed by atoms with Crippen molar-refractivity contribution in [2.75, 3.05) is 38.2 Å². The lowest BCUT2D eigenvalue weighted by Gasteiger charge is -2.25. The first-order chi connectivity index (χ1) is 14.5. The maximum atomic E-state index is 13.6. The summed E-state index contributed by atoms with van der Waals surface area (Å²) in [5.41, 5.74) is 1.39. The van der Waals surface area contributed by atoms with Gasteiger partial charge in [0.25, 0.3) is 5.91 Å². The number of nitrogens with zero attached hydrogens (tertiary/aromatic N) is 3. The number of hydrogen-bond donors (Lipinski definition) is 0. The van der Waals surface area contributed by atoms with E-state index in [1.54, 1.807) is 29.2 Å². The van der Waals surface area contributed by atoms with Crippen LogP contribution < -0.4 is 4.90 Å². The molecule has 0 bridgehead atoms. The van der Waals surface area contributed by atoms with Crippen molar-refractivity contribution in [3.8, 4) is 0 Å². The molecule has 6 nitrogen and oxygen atoms in total. The molecule has 0 aliphatic heterocycles. The minimum absolute atomic E-state index is 0.252. The summed E-state index contributed by atoms with van der Waals surface area (Å²) in [6.07, 6.45) is 0. The molecule has 1 amide bonds. The molecule has 0 aliphatic carbocycles. The topological polar surface area (TPSA) is 62.7 Å². The van der Waals surface area contributed by atoms with E-state index in [0.29, 0.717) is 23.8 Å². The number of esters is 1. The van der Waals surface area contributed by atoms with Gasteiger partial charge in [-0.25, -0.2) is 9.78 Å². The molecule has 0 spiro atoms. The lowest BCUT2D eigenvalue weighted by molar-refractivity contribution is 0.0597. The summed E-state index contributed by atoms with van der Waals surface area (Å²) in [6.45, 7) is 7.15. The van der Waals surface area contributed by atoms with Gasteiger partial charge in [-0.1, -0.05) is 53.2 Å². The fraction of sp³-hybridized carbons (Fsp3) is 0.318. The van der Waals surface area contributed by atoms with Crippen LogP contribution in [0.5, 0.6) is 0 Å². The first-order valence-electron chi connectivity index (χ1n) is 9.76. The van der Waals surface area contributed by atoms with Gasteiger partial charge >= 0.3 is 5.97 Å². The molecule has 0 fully saturated rings. The Morgan fingerprint density at radius 3 is 2.43 bits per heavy atom. The highest BCUT2D eigenvalue weighted by atomic mass is 79.9. The Kier molecular flexibility index (Phi) is 7.58. The standard InChI is InChI=1S/C22H24BrN3O3S/c1-4-25(5-2)12-13-26(22-24-18-11-10-15(23)14-19(18)30-22)20(27)16-8-6-7-9-17(16)21(28)29-3/h6-11,14H,4-5,12-13H2,1-3H3. The Morgan fingerprint density at radius 2 is 1.77 bits per heavy atom. The van der Waals surface area contributed by atoms with Crippen LogP contribution in [0, 0.1) is 0 Å². The third kappa shape index (κ3) is 4.88. The summed E-state index contributed by atoms with van der Waals surface area (Å²) < 4.78 is 6.82. The number of halogens is 1. The Labute approximate surface area is 188 Å². The van der Waals surface area contributed by atoms with Crippen LogP contribution >= 0.6 is 27.3 Å². The number of carbonyl (C=O) groups excluding carboxylic acids is 2. The third-order valence-electron chi connectivity index (χ3n) is 4.91. The Morgan fingerprint density at radius 1 is 1.07 bits per heavy atom. The molecule has 0 unspecified atom stereocenters. The van der Waals surface area contributed by atoms with Gasteiger partial charge in [-0.05, 0) is 43.4 Å². The van der Waals surface area contributed by atoms with Crippen LogP contribution in [0.15, 0.2) is 46.9 Å². The maximum Gasteiger partial charge on any atom is 0.338 e. The van der Waals surface area contributed by atoms with Gasteiger partial charge in [-0.3, -0.25) is 9.69 Å². The minimum Gasteiger partial charge on any atom is -0.465 e. The number of fused-ring (bicyclic) bond motifs is 1. The lowest BCUT2D eigenvalue weighted by Crippen LogP contribution is -2.39. The van der Waals surface area contributed by atoms with Gasteiger partial charge in [0.05, 0.1) is 28.5 Å².